The van der Waals surface area contributed by atoms with E-state index in [9.17, 15) is 18.0 Å². The third-order valence-corrected chi connectivity index (χ3v) is 2.18. The van der Waals surface area contributed by atoms with Gasteiger partial charge in [0.1, 0.15) is 0 Å². The molecular formula is C8H12F3NO3. The van der Waals surface area contributed by atoms with Crippen LogP contribution in [0.3, 0.4) is 0 Å². The van der Waals surface area contributed by atoms with Crippen LogP contribution in [0, 0.1) is 0 Å². The topological polar surface area (TPSA) is 49.8 Å². The molecule has 0 aromatic rings. The molecule has 0 aromatic heterocycles. The quantitative estimate of drug-likeness (QED) is 0.769. The maximum absolute atomic E-state index is 11.7. The molecule has 1 fully saturated rings. The summed E-state index contributed by atoms with van der Waals surface area (Å²) in [5, 5.41) is 8.84. The van der Waals surface area contributed by atoms with Crippen molar-refractivity contribution in [1.82, 2.24) is 4.90 Å². The summed E-state index contributed by atoms with van der Waals surface area (Å²) in [5.74, 6) is 0. The van der Waals surface area contributed by atoms with Crippen LogP contribution >= 0.6 is 0 Å². The Hall–Kier alpha value is -0.980. The van der Waals surface area contributed by atoms with Crippen LogP contribution in [0.15, 0.2) is 0 Å². The van der Waals surface area contributed by atoms with E-state index in [0.717, 1.165) is 4.90 Å². The summed E-state index contributed by atoms with van der Waals surface area (Å²) >= 11 is 0. The fourth-order valence-corrected chi connectivity index (χ4v) is 1.49. The van der Waals surface area contributed by atoms with Crippen LogP contribution in [0.4, 0.5) is 18.0 Å². The summed E-state index contributed by atoms with van der Waals surface area (Å²) in [6.45, 7) is -1.50. The minimum Gasteiger partial charge on any atom is -0.440 e. The number of nitrogens with zero attached hydrogens (tertiary/aromatic N) is 1. The van der Waals surface area contributed by atoms with Gasteiger partial charge < -0.3 is 14.7 Å². The number of ether oxygens (including phenoxy) is 1. The third kappa shape index (κ3) is 3.58. The fourth-order valence-electron chi connectivity index (χ4n) is 1.49. The normalized spacial score (nSPS) is 21.9. The average Bonchev–Trinajstić information content (AvgIpc) is 2.60. The monoisotopic (exact) mass is 227 g/mol. The highest BCUT2D eigenvalue weighted by molar-refractivity contribution is 5.68. The second-order valence-electron chi connectivity index (χ2n) is 3.34. The van der Waals surface area contributed by atoms with Crippen LogP contribution in [0.2, 0.25) is 0 Å². The number of alkyl halides is 3. The number of aliphatic hydroxyl groups is 1. The van der Waals surface area contributed by atoms with Gasteiger partial charge in [-0.3, -0.25) is 0 Å². The zero-order chi connectivity index (χ0) is 11.5. The molecule has 0 aromatic carbocycles. The maximum Gasteiger partial charge on any atom is 0.422 e. The predicted molar refractivity (Wildman–Crippen MR) is 44.2 cm³/mol. The van der Waals surface area contributed by atoms with E-state index in [1.165, 1.54) is 0 Å². The standard InChI is InChI=1S/C8H12F3NO3/c9-8(10,11)5-15-7(14)12-3-1-2-6(12)4-13/h6,13H,1-5H2. The molecule has 0 aliphatic carbocycles. The number of hydrogen-bond donors (Lipinski definition) is 1. The molecule has 1 aliphatic rings. The number of likely N-dealkylation sites (tertiary alicyclic amines) is 1. The second-order valence-corrected chi connectivity index (χ2v) is 3.34. The number of rotatable bonds is 2. The molecule has 0 radical (unpaired) electrons. The van der Waals surface area contributed by atoms with Crippen LogP contribution < -0.4 is 0 Å². The predicted octanol–water partition coefficient (Wildman–Crippen LogP) is 1.14. The molecule has 1 unspecified atom stereocenters. The van der Waals surface area contributed by atoms with Gasteiger partial charge in [-0.1, -0.05) is 0 Å². The van der Waals surface area contributed by atoms with Gasteiger partial charge in [0, 0.05) is 6.54 Å². The largest absolute Gasteiger partial charge is 0.440 e. The van der Waals surface area contributed by atoms with Crippen molar-refractivity contribution in [3.05, 3.63) is 0 Å². The zero-order valence-corrected chi connectivity index (χ0v) is 7.96. The Labute approximate surface area is 84.6 Å². The van der Waals surface area contributed by atoms with Crippen molar-refractivity contribution >= 4 is 6.09 Å². The first-order chi connectivity index (χ1) is 6.94. The SMILES string of the molecule is O=C(OCC(F)(F)F)N1CCCC1CO. The highest BCUT2D eigenvalue weighted by Gasteiger charge is 2.34. The first-order valence-corrected chi connectivity index (χ1v) is 4.55. The van der Waals surface area contributed by atoms with Crippen molar-refractivity contribution in [2.45, 2.75) is 25.1 Å². The van der Waals surface area contributed by atoms with E-state index in [4.69, 9.17) is 5.11 Å². The summed E-state index contributed by atoms with van der Waals surface area (Å²) in [6, 6.07) is -0.411. The molecule has 15 heavy (non-hydrogen) atoms. The van der Waals surface area contributed by atoms with Crippen molar-refractivity contribution in [1.29, 1.82) is 0 Å². The van der Waals surface area contributed by atoms with Crippen LogP contribution in [0.1, 0.15) is 12.8 Å². The Bertz CT molecular complexity index is 232. The summed E-state index contributed by atoms with van der Waals surface area (Å²) in [5.41, 5.74) is 0. The Balaban J connectivity index is 2.40. The van der Waals surface area contributed by atoms with Crippen LogP contribution in [0.5, 0.6) is 0 Å². The number of carbonyl (C=O) groups excluding carboxylic acids is 1. The molecule has 1 atom stereocenters. The summed E-state index contributed by atoms with van der Waals surface area (Å²) in [4.78, 5) is 12.3. The van der Waals surface area contributed by atoms with Gasteiger partial charge in [-0.05, 0) is 12.8 Å². The highest BCUT2D eigenvalue weighted by atomic mass is 19.4. The molecule has 1 rings (SSSR count). The van der Waals surface area contributed by atoms with E-state index >= 15 is 0 Å². The van der Waals surface area contributed by atoms with E-state index in [1.54, 1.807) is 0 Å². The van der Waals surface area contributed by atoms with Gasteiger partial charge in [0.25, 0.3) is 0 Å². The first kappa shape index (κ1) is 12.1. The smallest absolute Gasteiger partial charge is 0.422 e. The minimum atomic E-state index is -4.51. The molecular weight excluding hydrogens is 215 g/mol. The van der Waals surface area contributed by atoms with E-state index in [0.29, 0.717) is 19.4 Å². The van der Waals surface area contributed by atoms with Crippen molar-refractivity contribution in [2.75, 3.05) is 19.8 Å². The van der Waals surface area contributed by atoms with E-state index in [1.807, 2.05) is 0 Å². The van der Waals surface area contributed by atoms with Crippen molar-refractivity contribution in [3.63, 3.8) is 0 Å². The lowest BCUT2D eigenvalue weighted by molar-refractivity contribution is -0.162. The fraction of sp³-hybridized carbons (Fsp3) is 0.875. The number of carbonyl (C=O) groups is 1. The molecule has 88 valence electrons. The van der Waals surface area contributed by atoms with Gasteiger partial charge in [-0.15, -0.1) is 0 Å². The lowest BCUT2D eigenvalue weighted by Gasteiger charge is -2.22. The molecule has 1 heterocycles. The van der Waals surface area contributed by atoms with E-state index in [-0.39, 0.29) is 6.61 Å². The van der Waals surface area contributed by atoms with E-state index < -0.39 is 24.9 Å². The summed E-state index contributed by atoms with van der Waals surface area (Å²) in [6.07, 6.45) is -4.25. The third-order valence-electron chi connectivity index (χ3n) is 2.18. The van der Waals surface area contributed by atoms with Gasteiger partial charge in [-0.25, -0.2) is 4.79 Å². The van der Waals surface area contributed by atoms with Crippen molar-refractivity contribution < 1.29 is 27.8 Å². The Morgan fingerprint density at radius 3 is 2.73 bits per heavy atom. The molecule has 1 amide bonds. The van der Waals surface area contributed by atoms with Crippen molar-refractivity contribution in [2.24, 2.45) is 0 Å². The van der Waals surface area contributed by atoms with Gasteiger partial charge >= 0.3 is 12.3 Å². The van der Waals surface area contributed by atoms with Crippen LogP contribution in [0.25, 0.3) is 0 Å². The maximum atomic E-state index is 11.7. The molecule has 0 bridgehead atoms. The number of amides is 1. The molecule has 0 saturated carbocycles. The van der Waals surface area contributed by atoms with Crippen LogP contribution in [-0.2, 0) is 4.74 Å². The molecule has 7 heteroatoms. The minimum absolute atomic E-state index is 0.249. The second kappa shape index (κ2) is 4.69. The average molecular weight is 227 g/mol. The number of hydrogen-bond acceptors (Lipinski definition) is 3. The highest BCUT2D eigenvalue weighted by Crippen LogP contribution is 2.20. The van der Waals surface area contributed by atoms with Gasteiger partial charge in [0.2, 0.25) is 0 Å². The zero-order valence-electron chi connectivity index (χ0n) is 7.96. The first-order valence-electron chi connectivity index (χ1n) is 4.55. The Kier molecular flexibility index (Phi) is 3.78. The lowest BCUT2D eigenvalue weighted by Crippen LogP contribution is -2.39. The van der Waals surface area contributed by atoms with Gasteiger partial charge in [0.15, 0.2) is 6.61 Å². The van der Waals surface area contributed by atoms with Crippen LogP contribution in [-0.4, -0.2) is 48.1 Å². The van der Waals surface area contributed by atoms with Gasteiger partial charge in [0.05, 0.1) is 12.6 Å². The Morgan fingerprint density at radius 2 is 2.20 bits per heavy atom. The molecule has 1 aliphatic heterocycles. The Morgan fingerprint density at radius 1 is 1.53 bits per heavy atom. The van der Waals surface area contributed by atoms with Gasteiger partial charge in [-0.2, -0.15) is 13.2 Å². The molecule has 4 nitrogen and oxygen atoms in total. The molecule has 1 saturated heterocycles. The lowest BCUT2D eigenvalue weighted by atomic mass is 10.2. The van der Waals surface area contributed by atoms with Crippen molar-refractivity contribution in [3.8, 4) is 0 Å². The van der Waals surface area contributed by atoms with E-state index in [2.05, 4.69) is 4.74 Å². The molecule has 1 N–H and O–H groups in total. The summed E-state index contributed by atoms with van der Waals surface area (Å²) in [7, 11) is 0. The summed E-state index contributed by atoms with van der Waals surface area (Å²) < 4.78 is 39.3. The molecule has 0 spiro atoms. The number of halogens is 3. The number of aliphatic hydroxyl groups excluding tert-OH is 1.